The van der Waals surface area contributed by atoms with Crippen LogP contribution in [0.15, 0.2) is 46.9 Å². The molecule has 0 spiro atoms. The SMILES string of the molecule is N=Cc1ccc(Br)cc1Nc1ccc(F)cc1. The third-order valence-corrected chi connectivity index (χ3v) is 2.79. The average Bonchev–Trinajstić information content (AvgIpc) is 2.32. The van der Waals surface area contributed by atoms with Crippen LogP contribution in [0.3, 0.4) is 0 Å². The van der Waals surface area contributed by atoms with Gasteiger partial charge in [0.1, 0.15) is 5.82 Å². The number of halogens is 2. The summed E-state index contributed by atoms with van der Waals surface area (Å²) in [5, 5.41) is 10.5. The van der Waals surface area contributed by atoms with E-state index in [4.69, 9.17) is 5.41 Å². The Morgan fingerprint density at radius 3 is 2.47 bits per heavy atom. The van der Waals surface area contributed by atoms with E-state index in [1.165, 1.54) is 18.3 Å². The van der Waals surface area contributed by atoms with Crippen LogP contribution in [0.25, 0.3) is 0 Å². The van der Waals surface area contributed by atoms with Crippen LogP contribution < -0.4 is 5.32 Å². The molecule has 0 heterocycles. The van der Waals surface area contributed by atoms with Crippen LogP contribution in [0.2, 0.25) is 0 Å². The number of nitrogens with one attached hydrogen (secondary N) is 2. The molecule has 0 atom stereocenters. The van der Waals surface area contributed by atoms with Gasteiger partial charge >= 0.3 is 0 Å². The maximum Gasteiger partial charge on any atom is 0.123 e. The molecule has 4 heteroatoms. The van der Waals surface area contributed by atoms with E-state index >= 15 is 0 Å². The topological polar surface area (TPSA) is 35.9 Å². The minimum absolute atomic E-state index is 0.267. The summed E-state index contributed by atoms with van der Waals surface area (Å²) in [4.78, 5) is 0. The Hall–Kier alpha value is -1.68. The predicted octanol–water partition coefficient (Wildman–Crippen LogP) is 4.33. The number of anilines is 2. The minimum Gasteiger partial charge on any atom is -0.355 e. The van der Waals surface area contributed by atoms with Gasteiger partial charge in [0.05, 0.1) is 0 Å². The van der Waals surface area contributed by atoms with Gasteiger partial charge in [-0.05, 0) is 36.4 Å². The molecule has 2 nitrogen and oxygen atoms in total. The van der Waals surface area contributed by atoms with Crippen molar-refractivity contribution in [2.45, 2.75) is 0 Å². The molecule has 0 fully saturated rings. The lowest BCUT2D eigenvalue weighted by atomic mass is 10.2. The van der Waals surface area contributed by atoms with Gasteiger partial charge in [0.15, 0.2) is 0 Å². The van der Waals surface area contributed by atoms with Gasteiger partial charge in [0.2, 0.25) is 0 Å². The van der Waals surface area contributed by atoms with Gasteiger partial charge in [0, 0.05) is 27.6 Å². The van der Waals surface area contributed by atoms with E-state index in [9.17, 15) is 4.39 Å². The Bertz CT molecular complexity index is 538. The van der Waals surface area contributed by atoms with Crippen molar-refractivity contribution in [1.29, 1.82) is 5.41 Å². The highest BCUT2D eigenvalue weighted by atomic mass is 79.9. The third-order valence-electron chi connectivity index (χ3n) is 2.29. The maximum atomic E-state index is 12.8. The molecular weight excluding hydrogens is 283 g/mol. The molecule has 0 saturated carbocycles. The van der Waals surface area contributed by atoms with Crippen molar-refractivity contribution in [2.75, 3.05) is 5.32 Å². The van der Waals surface area contributed by atoms with E-state index < -0.39 is 0 Å². The van der Waals surface area contributed by atoms with E-state index in [0.717, 1.165) is 21.4 Å². The number of hydrogen-bond donors (Lipinski definition) is 2. The summed E-state index contributed by atoms with van der Waals surface area (Å²) in [6.07, 6.45) is 1.28. The van der Waals surface area contributed by atoms with Crippen LogP contribution in [0.1, 0.15) is 5.56 Å². The molecule has 2 N–H and O–H groups in total. The molecule has 0 aromatic heterocycles. The number of benzene rings is 2. The van der Waals surface area contributed by atoms with Gasteiger partial charge in [-0.1, -0.05) is 22.0 Å². The molecule has 0 aliphatic rings. The first-order valence-electron chi connectivity index (χ1n) is 5.01. The van der Waals surface area contributed by atoms with Crippen molar-refractivity contribution in [3.05, 3.63) is 58.3 Å². The second-order valence-corrected chi connectivity index (χ2v) is 4.42. The van der Waals surface area contributed by atoms with Gasteiger partial charge in [-0.25, -0.2) is 4.39 Å². The molecule has 0 unspecified atom stereocenters. The minimum atomic E-state index is -0.267. The first-order chi connectivity index (χ1) is 8.19. The lowest BCUT2D eigenvalue weighted by Crippen LogP contribution is -1.95. The summed E-state index contributed by atoms with van der Waals surface area (Å²) in [5.74, 6) is -0.267. The summed E-state index contributed by atoms with van der Waals surface area (Å²) in [7, 11) is 0. The monoisotopic (exact) mass is 292 g/mol. The van der Waals surface area contributed by atoms with E-state index in [1.807, 2.05) is 18.2 Å². The van der Waals surface area contributed by atoms with Crippen LogP contribution >= 0.6 is 15.9 Å². The normalized spacial score (nSPS) is 10.0. The summed E-state index contributed by atoms with van der Waals surface area (Å²) in [6, 6.07) is 11.7. The third kappa shape index (κ3) is 2.91. The van der Waals surface area contributed by atoms with Gasteiger partial charge in [-0.15, -0.1) is 0 Å². The first kappa shape index (κ1) is 11.8. The molecule has 0 radical (unpaired) electrons. The van der Waals surface area contributed by atoms with Gasteiger partial charge < -0.3 is 10.7 Å². The Morgan fingerprint density at radius 2 is 1.82 bits per heavy atom. The zero-order valence-electron chi connectivity index (χ0n) is 8.87. The second-order valence-electron chi connectivity index (χ2n) is 3.51. The van der Waals surface area contributed by atoms with Crippen LogP contribution in [-0.2, 0) is 0 Å². The largest absolute Gasteiger partial charge is 0.355 e. The van der Waals surface area contributed by atoms with Gasteiger partial charge in [-0.2, -0.15) is 0 Å². The molecule has 0 saturated heterocycles. The molecule has 0 amide bonds. The highest BCUT2D eigenvalue weighted by molar-refractivity contribution is 9.10. The van der Waals surface area contributed by atoms with E-state index in [-0.39, 0.29) is 5.82 Å². The standard InChI is InChI=1S/C13H10BrFN2/c14-10-2-1-9(8-16)13(7-10)17-12-5-3-11(15)4-6-12/h1-8,16-17H. The lowest BCUT2D eigenvalue weighted by molar-refractivity contribution is 0.628. The van der Waals surface area contributed by atoms with Crippen LogP contribution in [-0.4, -0.2) is 6.21 Å². The molecule has 2 aromatic carbocycles. The van der Waals surface area contributed by atoms with Crippen molar-refractivity contribution in [3.8, 4) is 0 Å². The van der Waals surface area contributed by atoms with Crippen LogP contribution in [0, 0.1) is 11.2 Å². The van der Waals surface area contributed by atoms with Crippen molar-refractivity contribution in [2.24, 2.45) is 0 Å². The van der Waals surface area contributed by atoms with Crippen molar-refractivity contribution < 1.29 is 4.39 Å². The smallest absolute Gasteiger partial charge is 0.123 e. The average molecular weight is 293 g/mol. The van der Waals surface area contributed by atoms with Gasteiger partial charge in [0.25, 0.3) is 0 Å². The summed E-state index contributed by atoms with van der Waals surface area (Å²) in [6.45, 7) is 0. The Balaban J connectivity index is 2.31. The van der Waals surface area contributed by atoms with E-state index in [0.29, 0.717) is 0 Å². The fourth-order valence-corrected chi connectivity index (χ4v) is 1.81. The zero-order chi connectivity index (χ0) is 12.3. The molecule has 2 rings (SSSR count). The molecule has 86 valence electrons. The zero-order valence-corrected chi connectivity index (χ0v) is 10.5. The van der Waals surface area contributed by atoms with Crippen LogP contribution in [0.5, 0.6) is 0 Å². The molecule has 2 aromatic rings. The summed E-state index contributed by atoms with van der Waals surface area (Å²) >= 11 is 3.38. The molecule has 0 bridgehead atoms. The Kier molecular flexibility index (Phi) is 3.54. The summed E-state index contributed by atoms with van der Waals surface area (Å²) < 4.78 is 13.7. The molecule has 0 aliphatic carbocycles. The van der Waals surface area contributed by atoms with Crippen LogP contribution in [0.4, 0.5) is 15.8 Å². The number of hydrogen-bond acceptors (Lipinski definition) is 2. The molecular formula is C13H10BrFN2. The Labute approximate surface area is 107 Å². The number of rotatable bonds is 3. The summed E-state index contributed by atoms with van der Waals surface area (Å²) in [5.41, 5.74) is 2.37. The fourth-order valence-electron chi connectivity index (χ4n) is 1.45. The fraction of sp³-hybridized carbons (Fsp3) is 0. The maximum absolute atomic E-state index is 12.8. The lowest BCUT2D eigenvalue weighted by Gasteiger charge is -2.09. The predicted molar refractivity (Wildman–Crippen MR) is 71.7 cm³/mol. The molecule has 0 aliphatic heterocycles. The van der Waals surface area contributed by atoms with E-state index in [2.05, 4.69) is 21.2 Å². The highest BCUT2D eigenvalue weighted by Gasteiger charge is 2.02. The van der Waals surface area contributed by atoms with Gasteiger partial charge in [-0.3, -0.25) is 0 Å². The van der Waals surface area contributed by atoms with Crippen molar-refractivity contribution in [3.63, 3.8) is 0 Å². The quantitative estimate of drug-likeness (QED) is 0.812. The molecule has 17 heavy (non-hydrogen) atoms. The Morgan fingerprint density at radius 1 is 1.12 bits per heavy atom. The van der Waals surface area contributed by atoms with Crippen molar-refractivity contribution in [1.82, 2.24) is 0 Å². The first-order valence-corrected chi connectivity index (χ1v) is 5.81. The highest BCUT2D eigenvalue weighted by Crippen LogP contribution is 2.24. The van der Waals surface area contributed by atoms with E-state index in [1.54, 1.807) is 12.1 Å². The van der Waals surface area contributed by atoms with Crippen molar-refractivity contribution >= 4 is 33.5 Å². The second kappa shape index (κ2) is 5.10.